The highest BCUT2D eigenvalue weighted by Crippen LogP contribution is 2.43. The highest BCUT2D eigenvalue weighted by atomic mass is 16.5. The summed E-state index contributed by atoms with van der Waals surface area (Å²) in [5.41, 5.74) is 0.457. The molecule has 0 radical (unpaired) electrons. The van der Waals surface area contributed by atoms with Gasteiger partial charge in [0.25, 0.3) is 11.8 Å². The molecule has 26 heavy (non-hydrogen) atoms. The molecule has 2 amide bonds. The highest BCUT2D eigenvalue weighted by Gasteiger charge is 2.54. The minimum atomic E-state index is -0.473. The Balaban J connectivity index is 1.49. The largest absolute Gasteiger partial charge is 0.396 e. The van der Waals surface area contributed by atoms with E-state index in [1.807, 2.05) is 18.2 Å². The van der Waals surface area contributed by atoms with Gasteiger partial charge in [-0.15, -0.1) is 0 Å². The van der Waals surface area contributed by atoms with Gasteiger partial charge in [-0.05, 0) is 19.1 Å². The molecule has 2 saturated heterocycles. The normalized spacial score (nSPS) is 24.8. The standard InChI is InChI=1S/C19H21N3O4/c1-13-7-16(20-26-13)18(25)22-9-15-8-21(10-19(15,11-22)12-23)17(24)14-5-3-2-4-6-14/h2-7,15,23H,8-12H2,1H3/t15-,19+/m1/s1. The first-order valence-corrected chi connectivity index (χ1v) is 8.70. The van der Waals surface area contributed by atoms with Crippen molar-refractivity contribution in [3.63, 3.8) is 0 Å². The molecule has 4 rings (SSSR count). The highest BCUT2D eigenvalue weighted by molar-refractivity contribution is 5.95. The maximum absolute atomic E-state index is 12.7. The molecule has 0 spiro atoms. The molecule has 0 bridgehead atoms. The Morgan fingerprint density at radius 3 is 2.38 bits per heavy atom. The van der Waals surface area contributed by atoms with Crippen LogP contribution in [-0.2, 0) is 0 Å². The van der Waals surface area contributed by atoms with Crippen molar-refractivity contribution in [3.8, 4) is 0 Å². The van der Waals surface area contributed by atoms with E-state index in [-0.39, 0.29) is 30.0 Å². The lowest BCUT2D eigenvalue weighted by Gasteiger charge is -2.27. The van der Waals surface area contributed by atoms with Gasteiger partial charge in [0.15, 0.2) is 5.69 Å². The van der Waals surface area contributed by atoms with Crippen LogP contribution in [-0.4, -0.2) is 64.7 Å². The molecule has 1 N–H and O–H groups in total. The van der Waals surface area contributed by atoms with E-state index in [0.29, 0.717) is 37.5 Å². The summed E-state index contributed by atoms with van der Waals surface area (Å²) >= 11 is 0. The molecular formula is C19H21N3O4. The molecule has 2 atom stereocenters. The Morgan fingerprint density at radius 2 is 1.85 bits per heavy atom. The van der Waals surface area contributed by atoms with Gasteiger partial charge < -0.3 is 19.4 Å². The zero-order valence-corrected chi connectivity index (χ0v) is 14.6. The molecule has 7 heteroatoms. The molecule has 136 valence electrons. The van der Waals surface area contributed by atoms with E-state index in [9.17, 15) is 14.7 Å². The molecule has 2 fully saturated rings. The van der Waals surface area contributed by atoms with Crippen LogP contribution in [0.4, 0.5) is 0 Å². The van der Waals surface area contributed by atoms with Crippen molar-refractivity contribution in [3.05, 3.63) is 53.4 Å². The maximum Gasteiger partial charge on any atom is 0.276 e. The van der Waals surface area contributed by atoms with Crippen LogP contribution in [0.1, 0.15) is 26.6 Å². The summed E-state index contributed by atoms with van der Waals surface area (Å²) < 4.78 is 4.99. The van der Waals surface area contributed by atoms with E-state index in [2.05, 4.69) is 5.16 Å². The molecule has 0 aliphatic carbocycles. The van der Waals surface area contributed by atoms with Gasteiger partial charge in [0, 0.05) is 49.1 Å². The third-order valence-corrected chi connectivity index (χ3v) is 5.52. The van der Waals surface area contributed by atoms with E-state index in [4.69, 9.17) is 4.52 Å². The number of aliphatic hydroxyl groups is 1. The zero-order chi connectivity index (χ0) is 18.3. The van der Waals surface area contributed by atoms with Crippen molar-refractivity contribution in [2.75, 3.05) is 32.8 Å². The van der Waals surface area contributed by atoms with Crippen LogP contribution in [0.2, 0.25) is 0 Å². The molecule has 3 heterocycles. The molecule has 7 nitrogen and oxygen atoms in total. The Morgan fingerprint density at radius 1 is 1.19 bits per heavy atom. The van der Waals surface area contributed by atoms with Crippen LogP contribution in [0.25, 0.3) is 0 Å². The first-order valence-electron chi connectivity index (χ1n) is 8.70. The van der Waals surface area contributed by atoms with Gasteiger partial charge >= 0.3 is 0 Å². The minimum absolute atomic E-state index is 0.0298. The topological polar surface area (TPSA) is 86.9 Å². The second kappa shape index (κ2) is 6.25. The number of hydrogen-bond donors (Lipinski definition) is 1. The zero-order valence-electron chi connectivity index (χ0n) is 14.6. The van der Waals surface area contributed by atoms with Crippen molar-refractivity contribution in [2.45, 2.75) is 6.92 Å². The van der Waals surface area contributed by atoms with Crippen LogP contribution >= 0.6 is 0 Å². The van der Waals surface area contributed by atoms with Gasteiger partial charge in [0.2, 0.25) is 0 Å². The molecule has 2 aromatic rings. The summed E-state index contributed by atoms with van der Waals surface area (Å²) in [5, 5.41) is 13.9. The number of amides is 2. The predicted molar refractivity (Wildman–Crippen MR) is 92.5 cm³/mol. The molecule has 2 aliphatic heterocycles. The minimum Gasteiger partial charge on any atom is -0.396 e. The van der Waals surface area contributed by atoms with Crippen LogP contribution in [0.5, 0.6) is 0 Å². The third-order valence-electron chi connectivity index (χ3n) is 5.52. The summed E-state index contributed by atoms with van der Waals surface area (Å²) in [4.78, 5) is 28.8. The number of aliphatic hydroxyl groups excluding tert-OH is 1. The first kappa shape index (κ1) is 16.8. The fourth-order valence-corrected chi connectivity index (χ4v) is 4.11. The predicted octanol–water partition coefficient (Wildman–Crippen LogP) is 1.19. The fraction of sp³-hybridized carbons (Fsp3) is 0.421. The van der Waals surface area contributed by atoms with E-state index in [1.54, 1.807) is 34.9 Å². The van der Waals surface area contributed by atoms with E-state index in [0.717, 1.165) is 0 Å². The second-order valence-corrected chi connectivity index (χ2v) is 7.28. The first-order chi connectivity index (χ1) is 12.5. The number of fused-ring (bicyclic) bond motifs is 1. The number of nitrogens with zero attached hydrogens (tertiary/aromatic N) is 3. The number of aryl methyl sites for hydroxylation is 1. The summed E-state index contributed by atoms with van der Waals surface area (Å²) in [6.45, 7) is 3.59. The number of rotatable bonds is 3. The van der Waals surface area contributed by atoms with Gasteiger partial charge in [-0.1, -0.05) is 23.4 Å². The van der Waals surface area contributed by atoms with Crippen molar-refractivity contribution in [2.24, 2.45) is 11.3 Å². The van der Waals surface area contributed by atoms with Gasteiger partial charge in [0.05, 0.1) is 6.61 Å². The molecule has 2 aliphatic rings. The molecule has 1 aromatic carbocycles. The van der Waals surface area contributed by atoms with Crippen molar-refractivity contribution >= 4 is 11.8 Å². The fourth-order valence-electron chi connectivity index (χ4n) is 4.11. The van der Waals surface area contributed by atoms with Gasteiger partial charge in [-0.3, -0.25) is 9.59 Å². The van der Waals surface area contributed by atoms with Crippen molar-refractivity contribution in [1.82, 2.24) is 15.0 Å². The van der Waals surface area contributed by atoms with Crippen molar-refractivity contribution < 1.29 is 19.2 Å². The Hall–Kier alpha value is -2.67. The molecule has 0 saturated carbocycles. The second-order valence-electron chi connectivity index (χ2n) is 7.28. The number of benzene rings is 1. The van der Waals surface area contributed by atoms with Crippen molar-refractivity contribution in [1.29, 1.82) is 0 Å². The number of carbonyl (C=O) groups excluding carboxylic acids is 2. The maximum atomic E-state index is 12.7. The smallest absolute Gasteiger partial charge is 0.276 e. The Labute approximate surface area is 151 Å². The van der Waals surface area contributed by atoms with Crippen LogP contribution in [0.3, 0.4) is 0 Å². The Kier molecular flexibility index (Phi) is 4.03. The van der Waals surface area contributed by atoms with Crippen LogP contribution in [0.15, 0.2) is 40.9 Å². The lowest BCUT2D eigenvalue weighted by atomic mass is 9.82. The van der Waals surface area contributed by atoms with E-state index < -0.39 is 5.41 Å². The summed E-state index contributed by atoms with van der Waals surface area (Å²) in [5.74, 6) is 0.421. The van der Waals surface area contributed by atoms with E-state index in [1.165, 1.54) is 0 Å². The van der Waals surface area contributed by atoms with Gasteiger partial charge in [0.1, 0.15) is 5.76 Å². The van der Waals surface area contributed by atoms with E-state index >= 15 is 0 Å². The summed E-state index contributed by atoms with van der Waals surface area (Å²) in [7, 11) is 0. The number of aromatic nitrogens is 1. The third kappa shape index (κ3) is 2.68. The number of carbonyl (C=O) groups is 2. The average molecular weight is 355 g/mol. The lowest BCUT2D eigenvalue weighted by Crippen LogP contribution is -2.40. The Bertz CT molecular complexity index is 834. The summed E-state index contributed by atoms with van der Waals surface area (Å²) in [6, 6.07) is 10.8. The molecule has 0 unspecified atom stereocenters. The molecule has 1 aromatic heterocycles. The van der Waals surface area contributed by atoms with Gasteiger partial charge in [-0.2, -0.15) is 0 Å². The van der Waals surface area contributed by atoms with Gasteiger partial charge in [-0.25, -0.2) is 0 Å². The monoisotopic (exact) mass is 355 g/mol. The average Bonchev–Trinajstić information content (AvgIpc) is 3.33. The summed E-state index contributed by atoms with van der Waals surface area (Å²) in [6.07, 6.45) is 0. The number of hydrogen-bond acceptors (Lipinski definition) is 5. The molecular weight excluding hydrogens is 334 g/mol. The number of likely N-dealkylation sites (tertiary alicyclic amines) is 2. The SMILES string of the molecule is Cc1cc(C(=O)N2C[C@H]3CN(C(=O)c4ccccc4)C[C@@]3(CO)C2)no1. The quantitative estimate of drug-likeness (QED) is 0.894. The lowest BCUT2D eigenvalue weighted by molar-refractivity contribution is 0.0662. The van der Waals surface area contributed by atoms with Crippen LogP contribution < -0.4 is 0 Å². The van der Waals surface area contributed by atoms with Crippen LogP contribution in [0, 0.1) is 18.3 Å².